The number of hydrogen-bond acceptors (Lipinski definition) is 3. The van der Waals surface area contributed by atoms with E-state index in [0.717, 1.165) is 35.4 Å². The standard InChI is InChI=1S/C14H19N3O2/c1-3-5-12-16-11-8-10(2)9-15-14(11)17(12)7-4-6-13(18)19/h8-9H,3-7H2,1-2H3,(H,18,19). The third kappa shape index (κ3) is 3.10. The van der Waals surface area contributed by atoms with E-state index < -0.39 is 5.97 Å². The van der Waals surface area contributed by atoms with Crippen molar-refractivity contribution in [2.75, 3.05) is 0 Å². The van der Waals surface area contributed by atoms with Gasteiger partial charge in [0.15, 0.2) is 5.65 Å². The van der Waals surface area contributed by atoms with Gasteiger partial charge in [-0.2, -0.15) is 0 Å². The molecule has 0 atom stereocenters. The zero-order chi connectivity index (χ0) is 13.8. The quantitative estimate of drug-likeness (QED) is 0.867. The number of fused-ring (bicyclic) bond motifs is 1. The van der Waals surface area contributed by atoms with E-state index in [9.17, 15) is 4.79 Å². The minimum absolute atomic E-state index is 0.178. The number of hydrogen-bond donors (Lipinski definition) is 1. The molecule has 2 aromatic heterocycles. The van der Waals surface area contributed by atoms with Gasteiger partial charge in [-0.25, -0.2) is 9.97 Å². The lowest BCUT2D eigenvalue weighted by molar-refractivity contribution is -0.137. The average molecular weight is 261 g/mol. The molecule has 0 saturated heterocycles. The lowest BCUT2D eigenvalue weighted by Gasteiger charge is -2.06. The van der Waals surface area contributed by atoms with Crippen LogP contribution in [0.5, 0.6) is 0 Å². The van der Waals surface area contributed by atoms with Crippen molar-refractivity contribution in [3.8, 4) is 0 Å². The van der Waals surface area contributed by atoms with Crippen LogP contribution in [0.25, 0.3) is 11.2 Å². The highest BCUT2D eigenvalue weighted by Crippen LogP contribution is 2.17. The maximum Gasteiger partial charge on any atom is 0.303 e. The second-order valence-corrected chi connectivity index (χ2v) is 4.78. The van der Waals surface area contributed by atoms with E-state index in [-0.39, 0.29) is 6.42 Å². The SMILES string of the molecule is CCCc1nc2cc(C)cnc2n1CCCC(=O)O. The second kappa shape index (κ2) is 5.82. The summed E-state index contributed by atoms with van der Waals surface area (Å²) in [5.74, 6) is 0.242. The Morgan fingerprint density at radius 2 is 2.26 bits per heavy atom. The molecule has 0 bridgehead atoms. The number of aromatic nitrogens is 3. The predicted molar refractivity (Wildman–Crippen MR) is 73.1 cm³/mol. The monoisotopic (exact) mass is 261 g/mol. The summed E-state index contributed by atoms with van der Waals surface area (Å²) in [5, 5.41) is 8.72. The van der Waals surface area contributed by atoms with Gasteiger partial charge < -0.3 is 9.67 Å². The van der Waals surface area contributed by atoms with Crippen molar-refractivity contribution in [3.63, 3.8) is 0 Å². The van der Waals surface area contributed by atoms with E-state index in [0.29, 0.717) is 13.0 Å². The molecule has 19 heavy (non-hydrogen) atoms. The molecule has 0 amide bonds. The van der Waals surface area contributed by atoms with Gasteiger partial charge in [0.2, 0.25) is 0 Å². The van der Waals surface area contributed by atoms with Gasteiger partial charge in [0.05, 0.1) is 0 Å². The Morgan fingerprint density at radius 1 is 1.47 bits per heavy atom. The van der Waals surface area contributed by atoms with Crippen LogP contribution < -0.4 is 0 Å². The number of aryl methyl sites for hydroxylation is 3. The number of aliphatic carboxylic acids is 1. The van der Waals surface area contributed by atoms with Crippen LogP contribution >= 0.6 is 0 Å². The van der Waals surface area contributed by atoms with Crippen LogP contribution in [-0.4, -0.2) is 25.6 Å². The molecule has 0 spiro atoms. The molecule has 102 valence electrons. The molecular weight excluding hydrogens is 242 g/mol. The number of rotatable bonds is 6. The summed E-state index contributed by atoms with van der Waals surface area (Å²) >= 11 is 0. The number of nitrogens with zero attached hydrogens (tertiary/aromatic N) is 3. The summed E-state index contributed by atoms with van der Waals surface area (Å²) in [6.07, 6.45) is 4.52. The van der Waals surface area contributed by atoms with E-state index in [1.165, 1.54) is 0 Å². The minimum Gasteiger partial charge on any atom is -0.481 e. The van der Waals surface area contributed by atoms with Crippen molar-refractivity contribution in [2.24, 2.45) is 0 Å². The van der Waals surface area contributed by atoms with Crippen LogP contribution in [0.2, 0.25) is 0 Å². The number of pyridine rings is 1. The lowest BCUT2D eigenvalue weighted by Crippen LogP contribution is -2.06. The fraction of sp³-hybridized carbons (Fsp3) is 0.500. The minimum atomic E-state index is -0.759. The Hall–Kier alpha value is -1.91. The van der Waals surface area contributed by atoms with Crippen LogP contribution in [0.3, 0.4) is 0 Å². The van der Waals surface area contributed by atoms with Gasteiger partial charge in [0.25, 0.3) is 0 Å². The lowest BCUT2D eigenvalue weighted by atomic mass is 10.3. The third-order valence-electron chi connectivity index (χ3n) is 3.05. The van der Waals surface area contributed by atoms with E-state index in [4.69, 9.17) is 5.11 Å². The topological polar surface area (TPSA) is 68.0 Å². The zero-order valence-corrected chi connectivity index (χ0v) is 11.4. The zero-order valence-electron chi connectivity index (χ0n) is 11.4. The highest BCUT2D eigenvalue weighted by molar-refractivity contribution is 5.72. The van der Waals surface area contributed by atoms with Crippen LogP contribution in [-0.2, 0) is 17.8 Å². The Balaban J connectivity index is 2.31. The highest BCUT2D eigenvalue weighted by Gasteiger charge is 2.11. The fourth-order valence-corrected chi connectivity index (χ4v) is 2.20. The van der Waals surface area contributed by atoms with E-state index >= 15 is 0 Å². The van der Waals surface area contributed by atoms with Gasteiger partial charge in [0.1, 0.15) is 11.3 Å². The molecule has 5 heteroatoms. The first-order valence-electron chi connectivity index (χ1n) is 6.65. The van der Waals surface area contributed by atoms with Crippen molar-refractivity contribution in [1.82, 2.24) is 14.5 Å². The van der Waals surface area contributed by atoms with Crippen LogP contribution in [0.1, 0.15) is 37.6 Å². The number of carbonyl (C=O) groups is 1. The van der Waals surface area contributed by atoms with Crippen molar-refractivity contribution in [1.29, 1.82) is 0 Å². The van der Waals surface area contributed by atoms with Crippen molar-refractivity contribution < 1.29 is 9.90 Å². The number of carboxylic acids is 1. The van der Waals surface area contributed by atoms with Gasteiger partial charge in [-0.15, -0.1) is 0 Å². The van der Waals surface area contributed by atoms with E-state index in [2.05, 4.69) is 21.5 Å². The van der Waals surface area contributed by atoms with Gasteiger partial charge in [0, 0.05) is 25.6 Å². The summed E-state index contributed by atoms with van der Waals surface area (Å²) in [5.41, 5.74) is 2.85. The third-order valence-corrected chi connectivity index (χ3v) is 3.05. The van der Waals surface area contributed by atoms with E-state index in [1.54, 1.807) is 0 Å². The second-order valence-electron chi connectivity index (χ2n) is 4.78. The molecule has 0 aliphatic carbocycles. The summed E-state index contributed by atoms with van der Waals surface area (Å²) < 4.78 is 2.06. The molecule has 0 aliphatic heterocycles. The number of carboxylic acid groups (broad SMARTS) is 1. The summed E-state index contributed by atoms with van der Waals surface area (Å²) in [4.78, 5) is 19.7. The Bertz CT molecular complexity index is 590. The molecule has 2 rings (SSSR count). The van der Waals surface area contributed by atoms with Gasteiger partial charge in [-0.1, -0.05) is 6.92 Å². The Kier molecular flexibility index (Phi) is 4.14. The molecule has 1 N–H and O–H groups in total. The summed E-state index contributed by atoms with van der Waals surface area (Å²) in [7, 11) is 0. The van der Waals surface area contributed by atoms with Gasteiger partial charge in [-0.05, 0) is 31.4 Å². The molecule has 0 radical (unpaired) electrons. The maximum atomic E-state index is 10.6. The summed E-state index contributed by atoms with van der Waals surface area (Å²) in [6, 6.07) is 2.02. The molecule has 0 unspecified atom stereocenters. The maximum absolute atomic E-state index is 10.6. The first kappa shape index (κ1) is 13.5. The van der Waals surface area contributed by atoms with Crippen molar-refractivity contribution in [3.05, 3.63) is 23.7 Å². The van der Waals surface area contributed by atoms with Gasteiger partial charge >= 0.3 is 5.97 Å². The van der Waals surface area contributed by atoms with E-state index in [1.807, 2.05) is 19.2 Å². The first-order valence-corrected chi connectivity index (χ1v) is 6.65. The Morgan fingerprint density at radius 3 is 2.95 bits per heavy atom. The van der Waals surface area contributed by atoms with Gasteiger partial charge in [-0.3, -0.25) is 4.79 Å². The van der Waals surface area contributed by atoms with Crippen molar-refractivity contribution in [2.45, 2.75) is 46.1 Å². The molecule has 2 heterocycles. The van der Waals surface area contributed by atoms with Crippen molar-refractivity contribution >= 4 is 17.1 Å². The molecule has 5 nitrogen and oxygen atoms in total. The first-order chi connectivity index (χ1) is 9.11. The van der Waals surface area contributed by atoms with Crippen LogP contribution in [0, 0.1) is 6.92 Å². The molecule has 2 aromatic rings. The summed E-state index contributed by atoms with van der Waals surface area (Å²) in [6.45, 7) is 4.77. The normalized spacial score (nSPS) is 11.1. The smallest absolute Gasteiger partial charge is 0.303 e. The predicted octanol–water partition coefficient (Wildman–Crippen LogP) is 2.56. The average Bonchev–Trinajstić information content (AvgIpc) is 2.66. The largest absolute Gasteiger partial charge is 0.481 e. The molecular formula is C14H19N3O2. The molecule has 0 aromatic carbocycles. The molecule has 0 aliphatic rings. The Labute approximate surface area is 112 Å². The van der Waals surface area contributed by atoms with Crippen LogP contribution in [0.15, 0.2) is 12.3 Å². The van der Waals surface area contributed by atoms with Crippen LogP contribution in [0.4, 0.5) is 0 Å². The number of imidazole rings is 1. The molecule has 0 saturated carbocycles. The molecule has 0 fully saturated rings. The highest BCUT2D eigenvalue weighted by atomic mass is 16.4. The fourth-order valence-electron chi connectivity index (χ4n) is 2.20.